The van der Waals surface area contributed by atoms with Crippen molar-refractivity contribution in [3.05, 3.63) is 41.7 Å². The summed E-state index contributed by atoms with van der Waals surface area (Å²) >= 11 is 5.96. The van der Waals surface area contributed by atoms with Crippen LogP contribution in [0.3, 0.4) is 0 Å². The molecule has 2 aromatic rings. The Bertz CT molecular complexity index is 569. The Labute approximate surface area is 130 Å². The molecule has 114 valence electrons. The molecular formula is C16H21ClN2O2. The van der Waals surface area contributed by atoms with Gasteiger partial charge in [0.25, 0.3) is 0 Å². The van der Waals surface area contributed by atoms with Gasteiger partial charge in [0.05, 0.1) is 18.7 Å². The van der Waals surface area contributed by atoms with Crippen LogP contribution in [0.4, 0.5) is 0 Å². The van der Waals surface area contributed by atoms with Crippen LogP contribution in [0, 0.1) is 0 Å². The van der Waals surface area contributed by atoms with Gasteiger partial charge in [-0.15, -0.1) is 11.6 Å². The van der Waals surface area contributed by atoms with Crippen molar-refractivity contribution in [3.63, 3.8) is 0 Å². The van der Waals surface area contributed by atoms with Crippen molar-refractivity contribution in [2.24, 2.45) is 0 Å². The van der Waals surface area contributed by atoms with Gasteiger partial charge in [0.15, 0.2) is 0 Å². The third-order valence-electron chi connectivity index (χ3n) is 3.06. The van der Waals surface area contributed by atoms with Gasteiger partial charge in [0, 0.05) is 29.9 Å². The van der Waals surface area contributed by atoms with E-state index in [1.807, 2.05) is 35.3 Å². The maximum absolute atomic E-state index is 5.96. The minimum absolute atomic E-state index is 0.414. The Morgan fingerprint density at radius 2 is 2.10 bits per heavy atom. The van der Waals surface area contributed by atoms with Crippen LogP contribution >= 0.6 is 11.6 Å². The topological polar surface area (TPSA) is 36.3 Å². The number of rotatable bonds is 8. The largest absolute Gasteiger partial charge is 0.493 e. The lowest BCUT2D eigenvalue weighted by Crippen LogP contribution is -2.00. The van der Waals surface area contributed by atoms with E-state index in [1.54, 1.807) is 0 Å². The standard InChI is InChI=1S/C16H21ClN2O2/c1-3-7-20-15-6-5-14(9-17)16(8-15)21-12-13-10-18-19(4-2)11-13/h5-6,8,10-11H,3-4,7,9,12H2,1-2H3. The third-order valence-corrected chi connectivity index (χ3v) is 3.35. The Morgan fingerprint density at radius 1 is 1.24 bits per heavy atom. The first kappa shape index (κ1) is 15.7. The molecule has 0 saturated carbocycles. The number of ether oxygens (including phenoxy) is 2. The van der Waals surface area contributed by atoms with E-state index in [1.165, 1.54) is 0 Å². The highest BCUT2D eigenvalue weighted by Gasteiger charge is 2.07. The van der Waals surface area contributed by atoms with Crippen LogP contribution in [0.1, 0.15) is 31.4 Å². The molecule has 0 unspecified atom stereocenters. The quantitative estimate of drug-likeness (QED) is 0.691. The summed E-state index contributed by atoms with van der Waals surface area (Å²) in [7, 11) is 0. The molecule has 5 heteroatoms. The minimum Gasteiger partial charge on any atom is -0.493 e. The normalized spacial score (nSPS) is 10.6. The second kappa shape index (κ2) is 7.93. The van der Waals surface area contributed by atoms with E-state index >= 15 is 0 Å². The summed E-state index contributed by atoms with van der Waals surface area (Å²) in [6.07, 6.45) is 4.78. The molecule has 1 heterocycles. The van der Waals surface area contributed by atoms with Gasteiger partial charge in [-0.2, -0.15) is 5.10 Å². The zero-order chi connectivity index (χ0) is 15.1. The average molecular weight is 309 g/mol. The van der Waals surface area contributed by atoms with Crippen molar-refractivity contribution in [2.75, 3.05) is 6.61 Å². The fraction of sp³-hybridized carbons (Fsp3) is 0.438. The van der Waals surface area contributed by atoms with Crippen LogP contribution < -0.4 is 9.47 Å². The van der Waals surface area contributed by atoms with E-state index in [2.05, 4.69) is 18.9 Å². The average Bonchev–Trinajstić information content (AvgIpc) is 2.99. The molecule has 2 rings (SSSR count). The highest BCUT2D eigenvalue weighted by atomic mass is 35.5. The van der Waals surface area contributed by atoms with Gasteiger partial charge in [-0.05, 0) is 19.4 Å². The van der Waals surface area contributed by atoms with E-state index < -0.39 is 0 Å². The van der Waals surface area contributed by atoms with Crippen LogP contribution in [-0.2, 0) is 19.0 Å². The number of nitrogens with zero attached hydrogens (tertiary/aromatic N) is 2. The molecule has 1 aromatic carbocycles. The number of aromatic nitrogens is 2. The zero-order valence-electron chi connectivity index (χ0n) is 12.5. The van der Waals surface area contributed by atoms with E-state index in [4.69, 9.17) is 21.1 Å². The zero-order valence-corrected chi connectivity index (χ0v) is 13.3. The maximum atomic E-state index is 5.96. The van der Waals surface area contributed by atoms with Crippen LogP contribution in [0.2, 0.25) is 0 Å². The monoisotopic (exact) mass is 308 g/mol. The molecule has 0 spiro atoms. The summed E-state index contributed by atoms with van der Waals surface area (Å²) in [5.41, 5.74) is 2.00. The highest BCUT2D eigenvalue weighted by molar-refractivity contribution is 6.17. The second-order valence-electron chi connectivity index (χ2n) is 4.74. The molecule has 4 nitrogen and oxygen atoms in total. The van der Waals surface area contributed by atoms with E-state index in [-0.39, 0.29) is 0 Å². The second-order valence-corrected chi connectivity index (χ2v) is 5.01. The Hall–Kier alpha value is -1.68. The summed E-state index contributed by atoms with van der Waals surface area (Å²) in [5.74, 6) is 1.99. The van der Waals surface area contributed by atoms with Gasteiger partial charge in [0.1, 0.15) is 18.1 Å². The first-order valence-corrected chi connectivity index (χ1v) is 7.76. The number of benzene rings is 1. The summed E-state index contributed by atoms with van der Waals surface area (Å²) < 4.78 is 13.4. The van der Waals surface area contributed by atoms with Gasteiger partial charge < -0.3 is 9.47 Å². The third kappa shape index (κ3) is 4.39. The smallest absolute Gasteiger partial charge is 0.127 e. The molecule has 0 N–H and O–H groups in total. The Kier molecular flexibility index (Phi) is 5.93. The van der Waals surface area contributed by atoms with Crippen molar-refractivity contribution in [1.82, 2.24) is 9.78 Å². The molecule has 0 atom stereocenters. The first-order chi connectivity index (χ1) is 10.3. The molecular weight excluding hydrogens is 288 g/mol. The Morgan fingerprint density at radius 3 is 2.76 bits per heavy atom. The molecule has 0 saturated heterocycles. The number of hydrogen-bond donors (Lipinski definition) is 0. The predicted molar refractivity (Wildman–Crippen MR) is 84.0 cm³/mol. The fourth-order valence-electron chi connectivity index (χ4n) is 1.90. The molecule has 0 aliphatic rings. The van der Waals surface area contributed by atoms with E-state index in [0.717, 1.165) is 35.6 Å². The fourth-order valence-corrected chi connectivity index (χ4v) is 2.13. The maximum Gasteiger partial charge on any atom is 0.127 e. The summed E-state index contributed by atoms with van der Waals surface area (Å²) in [6.45, 7) is 6.16. The van der Waals surface area contributed by atoms with Crippen LogP contribution in [0.5, 0.6) is 11.5 Å². The molecule has 0 aliphatic heterocycles. The number of aryl methyl sites for hydroxylation is 1. The summed E-state index contributed by atoms with van der Waals surface area (Å²) in [5, 5.41) is 4.23. The van der Waals surface area contributed by atoms with Crippen molar-refractivity contribution in [1.29, 1.82) is 0 Å². The van der Waals surface area contributed by atoms with Crippen LogP contribution in [0.15, 0.2) is 30.6 Å². The van der Waals surface area contributed by atoms with Crippen molar-refractivity contribution < 1.29 is 9.47 Å². The van der Waals surface area contributed by atoms with Crippen molar-refractivity contribution in [2.45, 2.75) is 39.3 Å². The minimum atomic E-state index is 0.414. The molecule has 1 aromatic heterocycles. The lowest BCUT2D eigenvalue weighted by molar-refractivity contribution is 0.293. The van der Waals surface area contributed by atoms with Gasteiger partial charge >= 0.3 is 0 Å². The predicted octanol–water partition coefficient (Wildman–Crippen LogP) is 4.01. The SMILES string of the molecule is CCCOc1ccc(CCl)c(OCc2cnn(CC)c2)c1. The molecule has 0 bridgehead atoms. The lowest BCUT2D eigenvalue weighted by Gasteiger charge is -2.12. The lowest BCUT2D eigenvalue weighted by atomic mass is 10.2. The van der Waals surface area contributed by atoms with Crippen molar-refractivity contribution in [3.8, 4) is 11.5 Å². The number of halogens is 1. The number of alkyl halides is 1. The molecule has 0 aliphatic carbocycles. The highest BCUT2D eigenvalue weighted by Crippen LogP contribution is 2.27. The van der Waals surface area contributed by atoms with E-state index in [0.29, 0.717) is 19.1 Å². The van der Waals surface area contributed by atoms with Gasteiger partial charge in [0.2, 0.25) is 0 Å². The van der Waals surface area contributed by atoms with Crippen molar-refractivity contribution >= 4 is 11.6 Å². The van der Waals surface area contributed by atoms with Crippen LogP contribution in [-0.4, -0.2) is 16.4 Å². The summed E-state index contributed by atoms with van der Waals surface area (Å²) in [6, 6.07) is 5.77. The Balaban J connectivity index is 2.05. The first-order valence-electron chi connectivity index (χ1n) is 7.22. The van der Waals surface area contributed by atoms with Gasteiger partial charge in [-0.25, -0.2) is 0 Å². The molecule has 0 radical (unpaired) electrons. The van der Waals surface area contributed by atoms with Crippen LogP contribution in [0.25, 0.3) is 0 Å². The molecule has 0 amide bonds. The molecule has 21 heavy (non-hydrogen) atoms. The van der Waals surface area contributed by atoms with Gasteiger partial charge in [-0.1, -0.05) is 13.0 Å². The summed E-state index contributed by atoms with van der Waals surface area (Å²) in [4.78, 5) is 0. The number of hydrogen-bond acceptors (Lipinski definition) is 3. The van der Waals surface area contributed by atoms with E-state index in [9.17, 15) is 0 Å². The van der Waals surface area contributed by atoms with Gasteiger partial charge in [-0.3, -0.25) is 4.68 Å². The molecule has 0 fully saturated rings.